The summed E-state index contributed by atoms with van der Waals surface area (Å²) in [7, 11) is 0. The van der Waals surface area contributed by atoms with Crippen molar-refractivity contribution in [2.45, 2.75) is 347 Å². The summed E-state index contributed by atoms with van der Waals surface area (Å²) in [6, 6.07) is 0. The van der Waals surface area contributed by atoms with Gasteiger partial charge in [0.25, 0.3) is 0 Å². The Balaban J connectivity index is -0.0000000690. The van der Waals surface area contributed by atoms with Gasteiger partial charge in [-0.25, -0.2) is 17.6 Å². The van der Waals surface area contributed by atoms with Crippen molar-refractivity contribution in [1.29, 1.82) is 0 Å². The maximum absolute atomic E-state index is 11.8. The largest absolute Gasteiger partial charge is 0.391 e. The molecule has 0 bridgehead atoms. The van der Waals surface area contributed by atoms with Crippen LogP contribution in [0.5, 0.6) is 0 Å². The van der Waals surface area contributed by atoms with Crippen LogP contribution >= 0.6 is 0 Å². The summed E-state index contributed by atoms with van der Waals surface area (Å²) < 4.78 is 225. The van der Waals surface area contributed by atoms with Gasteiger partial charge in [0, 0.05) is 17.8 Å². The zero-order chi connectivity index (χ0) is 72.0. The molecule has 81 heavy (non-hydrogen) atoms. The summed E-state index contributed by atoms with van der Waals surface area (Å²) in [5.41, 5.74) is 0.542. The number of rotatable bonds is 17. The van der Waals surface area contributed by atoms with Crippen molar-refractivity contribution >= 4 is 0 Å². The Hall–Kier alpha value is -1.19. The van der Waals surface area contributed by atoms with Crippen LogP contribution < -0.4 is 0 Å². The molecule has 0 aromatic rings. The molecule has 0 radical (unpaired) electrons. The van der Waals surface area contributed by atoms with Gasteiger partial charge in [-0.05, 0) is 74.0 Å². The zero-order valence-corrected chi connectivity index (χ0v) is 57.4. The van der Waals surface area contributed by atoms with Gasteiger partial charge in [0.2, 0.25) is 12.3 Å². The molecule has 6 atom stereocenters. The van der Waals surface area contributed by atoms with E-state index in [1.54, 1.807) is 27.7 Å². The number of alkyl halides is 17. The molecule has 0 saturated heterocycles. The second-order valence-electron chi connectivity index (χ2n) is 23.3. The van der Waals surface area contributed by atoms with E-state index in [0.717, 1.165) is 64.7 Å². The van der Waals surface area contributed by atoms with Crippen LogP contribution in [-0.2, 0) is 0 Å². The van der Waals surface area contributed by atoms with Crippen molar-refractivity contribution in [3.63, 3.8) is 0 Å². The highest BCUT2D eigenvalue weighted by atomic mass is 19.4. The van der Waals surface area contributed by atoms with E-state index >= 15 is 0 Å². The van der Waals surface area contributed by atoms with Gasteiger partial charge in [0.1, 0.15) is 0 Å². The van der Waals surface area contributed by atoms with Crippen LogP contribution in [0.1, 0.15) is 316 Å². The lowest BCUT2D eigenvalue weighted by atomic mass is 9.94. The minimum absolute atomic E-state index is 0.00694. The molecule has 0 aliphatic heterocycles. The first-order valence-electron chi connectivity index (χ1n) is 31.9. The Labute approximate surface area is 497 Å². The molecule has 6 unspecified atom stereocenters. The van der Waals surface area contributed by atoms with Gasteiger partial charge in [-0.2, -0.15) is 52.7 Å². The zero-order valence-electron chi connectivity index (χ0n) is 61.4. The molecule has 0 aliphatic carbocycles. The predicted octanol–water partition coefficient (Wildman–Crippen LogP) is 28.9. The van der Waals surface area contributed by atoms with E-state index in [9.17, 15) is 74.6 Å². The van der Waals surface area contributed by atoms with Crippen molar-refractivity contribution in [3.8, 4) is 0 Å². The van der Waals surface area contributed by atoms with Crippen molar-refractivity contribution in [1.82, 2.24) is 0 Å². The van der Waals surface area contributed by atoms with E-state index in [1.807, 2.05) is 13.8 Å². The van der Waals surface area contributed by atoms with E-state index in [4.69, 9.17) is 5.48 Å². The first-order valence-corrected chi connectivity index (χ1v) is 29.9. The number of hydrogen-bond acceptors (Lipinski definition) is 0. The van der Waals surface area contributed by atoms with Gasteiger partial charge in [0.15, 0.2) is 0 Å². The molecule has 0 rings (SSSR count). The summed E-state index contributed by atoms with van der Waals surface area (Å²) in [4.78, 5) is 0. The van der Waals surface area contributed by atoms with E-state index in [2.05, 4.69) is 111 Å². The fourth-order valence-electron chi connectivity index (χ4n) is 2.72. The minimum atomic E-state index is -4.43. The second kappa shape index (κ2) is 66.3. The van der Waals surface area contributed by atoms with Crippen LogP contribution in [-0.4, -0.2) is 43.7 Å². The molecule has 0 fully saturated rings. The third kappa shape index (κ3) is 134. The molecule has 0 heterocycles. The molecular formula is C64H135F17. The molecule has 0 aliphatic rings. The molecule has 0 saturated carbocycles. The lowest BCUT2D eigenvalue weighted by molar-refractivity contribution is -0.171. The molecule has 0 aromatic carbocycles. The second-order valence-corrected chi connectivity index (χ2v) is 23.3. The van der Waals surface area contributed by atoms with E-state index < -0.39 is 85.8 Å². The maximum Gasteiger partial charge on any atom is 0.391 e. The van der Waals surface area contributed by atoms with Crippen molar-refractivity contribution < 1.29 is 80.1 Å². The topological polar surface area (TPSA) is 0 Å². The van der Waals surface area contributed by atoms with Crippen molar-refractivity contribution in [2.75, 3.05) is 6.67 Å². The van der Waals surface area contributed by atoms with Crippen molar-refractivity contribution in [2.24, 2.45) is 64.6 Å². The SMILES string of the molecule is CCC(C)(C)C.CCC(C)C.CCC(C)C.CCC(C)C.CCC(C)C(F)(F)F.CCC(C)C(F)F.CCC(C)CF.CCCC(C)(F)F.CCCC(C)C.CCCC(C)C(F)(F)F.[2H]C([2H])(C)C(C)C(F)(F)F.[2H]C([2H])(C)CC(C)C(F)(F)F. The Morgan fingerprint density at radius 1 is 0.358 bits per heavy atom. The fourth-order valence-corrected chi connectivity index (χ4v) is 2.72. The van der Waals surface area contributed by atoms with Crippen LogP contribution in [0.4, 0.5) is 74.6 Å². The molecule has 510 valence electrons. The third-order valence-corrected chi connectivity index (χ3v) is 11.5. The van der Waals surface area contributed by atoms with Gasteiger partial charge in [-0.15, -0.1) is 0 Å². The molecule has 0 N–H and O–H groups in total. The normalized spacial score (nSPS) is 14.6. The van der Waals surface area contributed by atoms with E-state index in [1.165, 1.54) is 59.3 Å². The predicted molar refractivity (Wildman–Crippen MR) is 323 cm³/mol. The number of hydrogen-bond donors (Lipinski definition) is 0. The first-order chi connectivity index (χ1) is 37.4. The molecule has 0 aromatic heterocycles. The molecule has 0 spiro atoms. The summed E-state index contributed by atoms with van der Waals surface area (Å²) in [5.74, 6) is -4.82. The van der Waals surface area contributed by atoms with E-state index in [-0.39, 0.29) is 31.9 Å². The smallest absolute Gasteiger partial charge is 0.251 e. The third-order valence-electron chi connectivity index (χ3n) is 11.5. The Morgan fingerprint density at radius 2 is 0.642 bits per heavy atom. The lowest BCUT2D eigenvalue weighted by Crippen LogP contribution is -2.19. The summed E-state index contributed by atoms with van der Waals surface area (Å²) in [6.45, 7) is 54.9. The van der Waals surface area contributed by atoms with Gasteiger partial charge in [0.05, 0.1) is 30.3 Å². The molecular weight excluding hydrogens is 1090 g/mol. The molecule has 0 nitrogen and oxygen atoms in total. The van der Waals surface area contributed by atoms with Crippen LogP contribution in [0.2, 0.25) is 0 Å². The van der Waals surface area contributed by atoms with E-state index in [0.29, 0.717) is 24.7 Å². The minimum Gasteiger partial charge on any atom is -0.251 e. The Bertz CT molecular complexity index is 1220. The average molecular weight is 1230 g/mol. The van der Waals surface area contributed by atoms with Gasteiger partial charge >= 0.3 is 24.7 Å². The number of halogens is 17. The average Bonchev–Trinajstić information content (AvgIpc) is 3.32. The molecule has 17 heteroatoms. The van der Waals surface area contributed by atoms with Crippen LogP contribution in [0, 0.1) is 64.6 Å². The van der Waals surface area contributed by atoms with Crippen molar-refractivity contribution in [3.05, 3.63) is 0 Å². The lowest BCUT2D eigenvalue weighted by Gasteiger charge is -2.13. The maximum atomic E-state index is 11.8. The van der Waals surface area contributed by atoms with Gasteiger partial charge < -0.3 is 0 Å². The fraction of sp³-hybridized carbons (Fsp3) is 1.00. The van der Waals surface area contributed by atoms with Crippen LogP contribution in [0.15, 0.2) is 0 Å². The van der Waals surface area contributed by atoms with Crippen LogP contribution in [0.3, 0.4) is 0 Å². The first kappa shape index (κ1) is 96.1. The van der Waals surface area contributed by atoms with Gasteiger partial charge in [-0.3, -0.25) is 4.39 Å². The highest BCUT2D eigenvalue weighted by Crippen LogP contribution is 2.30. The van der Waals surface area contributed by atoms with Gasteiger partial charge in [-0.1, -0.05) is 265 Å². The molecule has 0 amide bonds. The standard InChI is InChI=1S/2C6H11F3.2C6H14.2C5H9F3.2C5H10F2.C5H11F.3C5H12/c2*1-3-4-5(2)6(7,8)9;1-5-6(2,3)4;1-4-5-6(2)3;2*1-3-4(2)5(6,7)8;1-3-4-5(2,6)7;1-3-4(2)5(6)7;1-3-5(2)4-6;3*1-4-5(2)3/h2*5H,3-4H2,1-2H3;5H2,1-4H3;6H,4-5H2,1-3H3;2*4H,3H2,1-2H3;3-4H2,1-2H3;4-5H,3H2,1-2H3;5H,3-4H2,1-2H3;3*5H,4H2,1-3H3/i3D2;;;;3D2;;;;;;;. The summed E-state index contributed by atoms with van der Waals surface area (Å²) in [5, 5.41) is 0. The Kier molecular flexibility index (Phi) is 78.7. The highest BCUT2D eigenvalue weighted by molar-refractivity contribution is 4.62. The quantitative estimate of drug-likeness (QED) is 0.127. The summed E-state index contributed by atoms with van der Waals surface area (Å²) >= 11 is 0. The Morgan fingerprint density at radius 3 is 0.667 bits per heavy atom. The monoisotopic (exact) mass is 1230 g/mol. The summed E-state index contributed by atoms with van der Waals surface area (Å²) in [6.07, 6.45) is -12.2. The highest BCUT2D eigenvalue weighted by Gasteiger charge is 2.36. The van der Waals surface area contributed by atoms with Crippen LogP contribution in [0.25, 0.3) is 0 Å².